The van der Waals surface area contributed by atoms with Crippen LogP contribution in [0.25, 0.3) is 0 Å². The van der Waals surface area contributed by atoms with Gasteiger partial charge in [0, 0.05) is 0 Å². The van der Waals surface area contributed by atoms with Gasteiger partial charge in [0.25, 0.3) is 0 Å². The van der Waals surface area contributed by atoms with E-state index in [0.29, 0.717) is 0 Å². The van der Waals surface area contributed by atoms with Crippen molar-refractivity contribution in [2.45, 2.75) is 34.1 Å². The maximum Gasteiger partial charge on any atom is 0.306 e. The van der Waals surface area contributed by atoms with Crippen molar-refractivity contribution >= 4 is 5.97 Å². The van der Waals surface area contributed by atoms with Crippen molar-refractivity contribution in [3.8, 4) is 0 Å². The monoisotopic (exact) mass is 220 g/mol. The first-order chi connectivity index (χ1) is 7.40. The van der Waals surface area contributed by atoms with E-state index in [9.17, 15) is 4.79 Å². The molecule has 0 bridgehead atoms. The fourth-order valence-corrected chi connectivity index (χ4v) is 1.98. The fraction of sp³-hybridized carbons (Fsp3) is 0.500. The largest absolute Gasteiger partial charge is 0.481 e. The minimum Gasteiger partial charge on any atom is -0.481 e. The van der Waals surface area contributed by atoms with Gasteiger partial charge in [-0.2, -0.15) is 0 Å². The van der Waals surface area contributed by atoms with Crippen LogP contribution in [0.5, 0.6) is 0 Å². The van der Waals surface area contributed by atoms with Crippen LogP contribution in [0.1, 0.15) is 30.5 Å². The van der Waals surface area contributed by atoms with E-state index in [4.69, 9.17) is 5.11 Å². The molecule has 1 aromatic carbocycles. The topological polar surface area (TPSA) is 37.3 Å². The van der Waals surface area contributed by atoms with Crippen molar-refractivity contribution in [3.05, 3.63) is 34.9 Å². The van der Waals surface area contributed by atoms with Crippen molar-refractivity contribution in [3.63, 3.8) is 0 Å². The Balaban J connectivity index is 2.76. The Morgan fingerprint density at radius 1 is 1.19 bits per heavy atom. The first-order valence-corrected chi connectivity index (χ1v) is 5.70. The molecule has 2 nitrogen and oxygen atoms in total. The van der Waals surface area contributed by atoms with E-state index in [0.717, 1.165) is 6.42 Å². The molecule has 0 saturated carbocycles. The molecule has 0 spiro atoms. The molecule has 0 amide bonds. The van der Waals surface area contributed by atoms with Crippen molar-refractivity contribution in [1.29, 1.82) is 0 Å². The number of aliphatic carboxylic acids is 1. The molecular weight excluding hydrogens is 200 g/mol. The van der Waals surface area contributed by atoms with Crippen molar-refractivity contribution < 1.29 is 9.90 Å². The van der Waals surface area contributed by atoms with Crippen LogP contribution in [0.4, 0.5) is 0 Å². The van der Waals surface area contributed by atoms with Crippen LogP contribution < -0.4 is 0 Å². The third-order valence-corrected chi connectivity index (χ3v) is 3.08. The summed E-state index contributed by atoms with van der Waals surface area (Å²) in [5, 5.41) is 8.94. The highest BCUT2D eigenvalue weighted by molar-refractivity contribution is 5.69. The van der Waals surface area contributed by atoms with Crippen LogP contribution in [0, 0.1) is 25.7 Å². The third kappa shape index (κ3) is 3.37. The molecule has 2 atom stereocenters. The maximum atomic E-state index is 10.9. The number of benzene rings is 1. The van der Waals surface area contributed by atoms with Gasteiger partial charge in [0.1, 0.15) is 0 Å². The highest BCUT2D eigenvalue weighted by Gasteiger charge is 2.19. The molecule has 2 unspecified atom stereocenters. The smallest absolute Gasteiger partial charge is 0.306 e. The summed E-state index contributed by atoms with van der Waals surface area (Å²) in [4.78, 5) is 10.9. The van der Waals surface area contributed by atoms with Crippen molar-refractivity contribution in [1.82, 2.24) is 0 Å². The lowest BCUT2D eigenvalue weighted by atomic mass is 9.89. The van der Waals surface area contributed by atoms with E-state index >= 15 is 0 Å². The quantitative estimate of drug-likeness (QED) is 0.846. The molecule has 88 valence electrons. The normalized spacial score (nSPS) is 14.5. The number of aryl methyl sites for hydroxylation is 2. The van der Waals surface area contributed by atoms with Gasteiger partial charge in [-0.3, -0.25) is 4.79 Å². The van der Waals surface area contributed by atoms with Gasteiger partial charge in [-0.05, 0) is 31.7 Å². The van der Waals surface area contributed by atoms with E-state index in [1.807, 2.05) is 6.92 Å². The molecule has 1 aromatic rings. The Kier molecular flexibility index (Phi) is 4.11. The van der Waals surface area contributed by atoms with Crippen LogP contribution in [0.3, 0.4) is 0 Å². The number of carbonyl (C=O) groups is 1. The highest BCUT2D eigenvalue weighted by Crippen LogP contribution is 2.19. The fourth-order valence-electron chi connectivity index (χ4n) is 1.98. The van der Waals surface area contributed by atoms with Crippen LogP contribution in [-0.4, -0.2) is 11.1 Å². The highest BCUT2D eigenvalue weighted by atomic mass is 16.4. The lowest BCUT2D eigenvalue weighted by molar-refractivity contribution is -0.142. The molecule has 1 N–H and O–H groups in total. The summed E-state index contributed by atoms with van der Waals surface area (Å²) < 4.78 is 0. The van der Waals surface area contributed by atoms with Gasteiger partial charge >= 0.3 is 5.97 Å². The Morgan fingerprint density at radius 2 is 1.69 bits per heavy atom. The Bertz CT molecular complexity index is 362. The summed E-state index contributed by atoms with van der Waals surface area (Å²) in [6.45, 7) is 7.91. The SMILES string of the molecule is Cc1cc(C)cc(CC(C)C(C)C(=O)O)c1. The van der Waals surface area contributed by atoms with E-state index in [-0.39, 0.29) is 11.8 Å². The van der Waals surface area contributed by atoms with E-state index in [2.05, 4.69) is 32.0 Å². The zero-order valence-electron chi connectivity index (χ0n) is 10.4. The first-order valence-electron chi connectivity index (χ1n) is 5.70. The third-order valence-electron chi connectivity index (χ3n) is 3.08. The average molecular weight is 220 g/mol. The number of carboxylic acid groups (broad SMARTS) is 1. The number of hydrogen-bond acceptors (Lipinski definition) is 1. The molecule has 0 radical (unpaired) electrons. The summed E-state index contributed by atoms with van der Waals surface area (Å²) in [7, 11) is 0. The van der Waals surface area contributed by atoms with Gasteiger partial charge in [-0.15, -0.1) is 0 Å². The van der Waals surface area contributed by atoms with E-state index < -0.39 is 5.97 Å². The minimum atomic E-state index is -0.711. The minimum absolute atomic E-state index is 0.165. The number of hydrogen-bond donors (Lipinski definition) is 1. The predicted octanol–water partition coefficient (Wildman–Crippen LogP) is 3.20. The van der Waals surface area contributed by atoms with Crippen LogP contribution >= 0.6 is 0 Å². The van der Waals surface area contributed by atoms with Gasteiger partial charge < -0.3 is 5.11 Å². The zero-order valence-corrected chi connectivity index (χ0v) is 10.4. The van der Waals surface area contributed by atoms with Crippen molar-refractivity contribution in [2.75, 3.05) is 0 Å². The predicted molar refractivity (Wildman–Crippen MR) is 65.6 cm³/mol. The molecule has 1 rings (SSSR count). The van der Waals surface area contributed by atoms with E-state index in [1.54, 1.807) is 6.92 Å². The second kappa shape index (κ2) is 5.15. The Labute approximate surface area is 97.3 Å². The maximum absolute atomic E-state index is 10.9. The number of carboxylic acids is 1. The van der Waals surface area contributed by atoms with Gasteiger partial charge in [0.2, 0.25) is 0 Å². The van der Waals surface area contributed by atoms with Crippen molar-refractivity contribution in [2.24, 2.45) is 11.8 Å². The van der Waals surface area contributed by atoms with Crippen LogP contribution in [0.15, 0.2) is 18.2 Å². The summed E-state index contributed by atoms with van der Waals surface area (Å²) in [5.74, 6) is -0.837. The Hall–Kier alpha value is -1.31. The molecule has 0 heterocycles. The zero-order chi connectivity index (χ0) is 12.3. The summed E-state index contributed by atoms with van der Waals surface area (Å²) >= 11 is 0. The van der Waals surface area contributed by atoms with Gasteiger partial charge in [0.15, 0.2) is 0 Å². The van der Waals surface area contributed by atoms with Crippen LogP contribution in [0.2, 0.25) is 0 Å². The Morgan fingerprint density at radius 3 is 2.12 bits per heavy atom. The van der Waals surface area contributed by atoms with E-state index in [1.165, 1.54) is 16.7 Å². The van der Waals surface area contributed by atoms with Gasteiger partial charge in [-0.1, -0.05) is 43.2 Å². The average Bonchev–Trinajstić information content (AvgIpc) is 2.14. The lowest BCUT2D eigenvalue weighted by Crippen LogP contribution is -2.19. The molecule has 0 aliphatic rings. The summed E-state index contributed by atoms with van der Waals surface area (Å²) in [5.41, 5.74) is 3.72. The molecule has 0 saturated heterocycles. The second-order valence-electron chi connectivity index (χ2n) is 4.80. The van der Waals surface area contributed by atoms with Gasteiger partial charge in [-0.25, -0.2) is 0 Å². The molecule has 0 aliphatic carbocycles. The molecule has 2 heteroatoms. The molecule has 0 aliphatic heterocycles. The summed E-state index contributed by atoms with van der Waals surface area (Å²) in [6.07, 6.45) is 0.829. The standard InChI is InChI=1S/C14H20O2/c1-9-5-10(2)7-13(6-9)8-11(3)12(4)14(15)16/h5-7,11-12H,8H2,1-4H3,(H,15,16). The number of rotatable bonds is 4. The summed E-state index contributed by atoms with van der Waals surface area (Å²) in [6, 6.07) is 6.41. The van der Waals surface area contributed by atoms with Crippen LogP contribution in [-0.2, 0) is 11.2 Å². The second-order valence-corrected chi connectivity index (χ2v) is 4.80. The molecule has 0 fully saturated rings. The van der Waals surface area contributed by atoms with Gasteiger partial charge in [0.05, 0.1) is 5.92 Å². The molecule has 16 heavy (non-hydrogen) atoms. The first kappa shape index (κ1) is 12.8. The molecule has 0 aromatic heterocycles. The lowest BCUT2D eigenvalue weighted by Gasteiger charge is -2.16. The molecular formula is C14H20O2.